The molecule has 6 heteroatoms. The number of likely N-dealkylation sites (N-methyl/N-ethyl adjacent to an activating group) is 1. The van der Waals surface area contributed by atoms with Crippen molar-refractivity contribution in [2.45, 2.75) is 6.04 Å². The van der Waals surface area contributed by atoms with Crippen molar-refractivity contribution in [3.63, 3.8) is 0 Å². The fraction of sp³-hybridized carbons (Fsp3) is 0.316. The van der Waals surface area contributed by atoms with Gasteiger partial charge in [-0.2, -0.15) is 0 Å². The molecule has 4 rings (SSSR count). The van der Waals surface area contributed by atoms with Gasteiger partial charge in [-0.15, -0.1) is 0 Å². The second-order valence-electron chi connectivity index (χ2n) is 6.58. The fourth-order valence-corrected chi connectivity index (χ4v) is 4.02. The zero-order valence-corrected chi connectivity index (χ0v) is 14.9. The number of halogens is 1. The van der Waals surface area contributed by atoms with Crippen molar-refractivity contribution in [2.75, 3.05) is 38.2 Å². The highest BCUT2D eigenvalue weighted by Gasteiger charge is 2.39. The Bertz CT molecular complexity index is 838. The number of carbonyl (C=O) groups is 1. The topological polar surface area (TPSA) is 61.6 Å². The highest BCUT2D eigenvalue weighted by Crippen LogP contribution is 2.45. The average Bonchev–Trinajstić information content (AvgIpc) is 2.98. The summed E-state index contributed by atoms with van der Waals surface area (Å²) in [6.45, 7) is 3.21. The number of nitrogens with one attached hydrogen (secondary N) is 1. The van der Waals surface area contributed by atoms with Gasteiger partial charge in [0.05, 0.1) is 16.8 Å². The number of nitrogens with two attached hydrogens (primary N) is 1. The molecule has 0 saturated heterocycles. The molecule has 1 heterocycles. The number of rotatable bonds is 5. The van der Waals surface area contributed by atoms with Gasteiger partial charge in [0.15, 0.2) is 5.78 Å². The van der Waals surface area contributed by atoms with Crippen LogP contribution in [0.25, 0.3) is 0 Å². The van der Waals surface area contributed by atoms with Gasteiger partial charge in [0.2, 0.25) is 0 Å². The molecule has 0 aromatic heterocycles. The molecule has 5 nitrogen and oxygen atoms in total. The minimum Gasteiger partial charge on any atom is -0.329 e. The van der Waals surface area contributed by atoms with E-state index in [1.165, 1.54) is 0 Å². The second kappa shape index (κ2) is 6.42. The number of ketones is 1. The Balaban J connectivity index is 1.71. The maximum Gasteiger partial charge on any atom is 0.195 e. The molecular weight excluding hydrogens is 336 g/mol. The van der Waals surface area contributed by atoms with Gasteiger partial charge in [0.25, 0.3) is 0 Å². The first-order valence-electron chi connectivity index (χ1n) is 8.50. The Kier molecular flexibility index (Phi) is 4.25. The van der Waals surface area contributed by atoms with E-state index in [1.807, 2.05) is 24.3 Å². The van der Waals surface area contributed by atoms with Crippen molar-refractivity contribution in [3.05, 3.63) is 63.7 Å². The van der Waals surface area contributed by atoms with E-state index in [0.717, 1.165) is 42.0 Å². The molecule has 0 amide bonds. The van der Waals surface area contributed by atoms with Crippen LogP contribution in [0.5, 0.6) is 0 Å². The lowest BCUT2D eigenvalue weighted by atomic mass is 9.82. The number of carbonyl (C=O) groups excluding carboxylic acids is 1. The normalized spacial score (nSPS) is 17.8. The molecule has 0 saturated carbocycles. The summed E-state index contributed by atoms with van der Waals surface area (Å²) in [7, 11) is 2.06. The molecule has 0 bridgehead atoms. The van der Waals surface area contributed by atoms with Gasteiger partial charge in [-0.3, -0.25) is 4.79 Å². The zero-order valence-electron chi connectivity index (χ0n) is 14.1. The zero-order chi connectivity index (χ0) is 17.6. The molecule has 1 atom stereocenters. The van der Waals surface area contributed by atoms with Gasteiger partial charge < -0.3 is 15.6 Å². The van der Waals surface area contributed by atoms with Gasteiger partial charge in [0, 0.05) is 42.9 Å². The molecule has 25 heavy (non-hydrogen) atoms. The van der Waals surface area contributed by atoms with Crippen molar-refractivity contribution in [2.24, 2.45) is 5.73 Å². The maximum atomic E-state index is 13.0. The Hall–Kier alpha value is -1.92. The molecule has 0 spiro atoms. The number of anilines is 1. The third-order valence-electron chi connectivity index (χ3n) is 4.99. The lowest BCUT2D eigenvalue weighted by molar-refractivity contribution is 0.103. The Morgan fingerprint density at radius 1 is 1.24 bits per heavy atom. The van der Waals surface area contributed by atoms with Crippen molar-refractivity contribution >= 4 is 23.1 Å². The van der Waals surface area contributed by atoms with Crippen LogP contribution >= 0.6 is 11.6 Å². The highest BCUT2D eigenvalue weighted by molar-refractivity contribution is 6.35. The number of benzene rings is 2. The van der Waals surface area contributed by atoms with Crippen LogP contribution in [-0.2, 0) is 0 Å². The van der Waals surface area contributed by atoms with Crippen LogP contribution in [0, 0.1) is 0 Å². The first-order chi connectivity index (χ1) is 12.1. The lowest BCUT2D eigenvalue weighted by Gasteiger charge is -2.25. The van der Waals surface area contributed by atoms with Crippen LogP contribution in [0.3, 0.4) is 0 Å². The molecule has 1 unspecified atom stereocenters. The maximum absolute atomic E-state index is 13.0. The summed E-state index contributed by atoms with van der Waals surface area (Å²) in [5.74, 6) is 0.0117. The monoisotopic (exact) mass is 356 g/mol. The van der Waals surface area contributed by atoms with Crippen molar-refractivity contribution in [3.8, 4) is 0 Å². The third kappa shape index (κ3) is 2.64. The van der Waals surface area contributed by atoms with Gasteiger partial charge in [-0.05, 0) is 24.7 Å². The van der Waals surface area contributed by atoms with Crippen molar-refractivity contribution < 1.29 is 4.79 Å². The van der Waals surface area contributed by atoms with Crippen LogP contribution in [0.1, 0.15) is 33.1 Å². The summed E-state index contributed by atoms with van der Waals surface area (Å²) in [4.78, 5) is 15.2. The molecule has 2 aromatic rings. The minimum atomic E-state index is -0.0302. The predicted octanol–water partition coefficient (Wildman–Crippen LogP) is 2.19. The van der Waals surface area contributed by atoms with E-state index < -0.39 is 0 Å². The van der Waals surface area contributed by atoms with Crippen LogP contribution in [-0.4, -0.2) is 43.9 Å². The van der Waals surface area contributed by atoms with Gasteiger partial charge in [-0.1, -0.05) is 35.9 Å². The van der Waals surface area contributed by atoms with Crippen LogP contribution in [0.15, 0.2) is 36.4 Å². The highest BCUT2D eigenvalue weighted by atomic mass is 35.5. The standard InChI is InChI=1S/C19H21ClN4O/c1-23(9-8-21)10-11-24-15-7-3-5-13-17(15)18(22-24)12-4-2-6-14(20)16(12)19(13)25/h2-7,18,22H,8-11,21H2,1H3. The number of hydrogen-bond acceptors (Lipinski definition) is 5. The Morgan fingerprint density at radius 3 is 2.84 bits per heavy atom. The minimum absolute atomic E-state index is 0.0117. The Morgan fingerprint density at radius 2 is 2.04 bits per heavy atom. The van der Waals surface area contributed by atoms with Gasteiger partial charge in [-0.25, -0.2) is 5.43 Å². The molecular formula is C19H21ClN4O. The van der Waals surface area contributed by atoms with Crippen LogP contribution < -0.4 is 16.2 Å². The molecule has 2 aliphatic rings. The number of hydrazine groups is 1. The Labute approximate surface area is 152 Å². The molecule has 1 aliphatic heterocycles. The second-order valence-corrected chi connectivity index (χ2v) is 6.98. The summed E-state index contributed by atoms with van der Waals surface area (Å²) in [5.41, 5.74) is 13.6. The summed E-state index contributed by atoms with van der Waals surface area (Å²) in [6.07, 6.45) is 0. The van der Waals surface area contributed by atoms with E-state index in [-0.39, 0.29) is 11.8 Å². The van der Waals surface area contributed by atoms with E-state index in [9.17, 15) is 4.79 Å². The SMILES string of the molecule is CN(CCN)CCN1NC2c3cccc(Cl)c3C(=O)c3cccc1c32. The molecule has 0 fully saturated rings. The average molecular weight is 357 g/mol. The van der Waals surface area contributed by atoms with Crippen molar-refractivity contribution in [1.29, 1.82) is 0 Å². The smallest absolute Gasteiger partial charge is 0.195 e. The quantitative estimate of drug-likeness (QED) is 0.860. The van der Waals surface area contributed by atoms with E-state index in [2.05, 4.69) is 28.4 Å². The first kappa shape index (κ1) is 16.5. The summed E-state index contributed by atoms with van der Waals surface area (Å²) in [6, 6.07) is 11.5. The molecule has 2 aromatic carbocycles. The fourth-order valence-electron chi connectivity index (χ4n) is 3.75. The number of nitrogens with zero attached hydrogens (tertiary/aromatic N) is 2. The van der Waals surface area contributed by atoms with Crippen LogP contribution in [0.4, 0.5) is 5.69 Å². The molecule has 130 valence electrons. The number of hydrogen-bond donors (Lipinski definition) is 2. The number of fused-ring (bicyclic) bond motifs is 2. The third-order valence-corrected chi connectivity index (χ3v) is 5.31. The van der Waals surface area contributed by atoms with Crippen molar-refractivity contribution in [1.82, 2.24) is 10.3 Å². The lowest BCUT2D eigenvalue weighted by Crippen LogP contribution is -2.41. The molecule has 0 radical (unpaired) electrons. The van der Waals surface area contributed by atoms with E-state index in [4.69, 9.17) is 17.3 Å². The first-order valence-corrected chi connectivity index (χ1v) is 8.88. The van der Waals surface area contributed by atoms with Gasteiger partial charge in [0.1, 0.15) is 0 Å². The van der Waals surface area contributed by atoms with Crippen LogP contribution in [0.2, 0.25) is 5.02 Å². The summed E-state index contributed by atoms with van der Waals surface area (Å²) in [5, 5.41) is 2.65. The van der Waals surface area contributed by atoms with E-state index in [0.29, 0.717) is 17.1 Å². The molecule has 1 aliphatic carbocycles. The largest absolute Gasteiger partial charge is 0.329 e. The van der Waals surface area contributed by atoms with Gasteiger partial charge >= 0.3 is 0 Å². The summed E-state index contributed by atoms with van der Waals surface area (Å²) < 4.78 is 0. The molecule has 3 N–H and O–H groups in total. The van der Waals surface area contributed by atoms with E-state index in [1.54, 1.807) is 6.07 Å². The predicted molar refractivity (Wildman–Crippen MR) is 100 cm³/mol. The summed E-state index contributed by atoms with van der Waals surface area (Å²) >= 11 is 6.34. The van der Waals surface area contributed by atoms with E-state index >= 15 is 0 Å².